The van der Waals surface area contributed by atoms with E-state index in [4.69, 9.17) is 4.74 Å². The van der Waals surface area contributed by atoms with Gasteiger partial charge in [-0.05, 0) is 55.5 Å². The van der Waals surface area contributed by atoms with Crippen molar-refractivity contribution in [2.75, 3.05) is 23.3 Å². The SMILES string of the molecule is COc1ccc(NC(=O)CN(c2ccc(C)cc2)S(=O)(=O)c2cccnc2)cc1. The minimum atomic E-state index is -3.97. The van der Waals surface area contributed by atoms with Gasteiger partial charge < -0.3 is 10.1 Å². The lowest BCUT2D eigenvalue weighted by Gasteiger charge is -2.24. The Morgan fingerprint density at radius 2 is 1.76 bits per heavy atom. The fourth-order valence-corrected chi connectivity index (χ4v) is 4.04. The molecule has 0 fully saturated rings. The molecule has 0 spiro atoms. The highest BCUT2D eigenvalue weighted by Gasteiger charge is 2.27. The molecule has 29 heavy (non-hydrogen) atoms. The number of hydrogen-bond acceptors (Lipinski definition) is 5. The molecule has 0 bridgehead atoms. The molecule has 1 N–H and O–H groups in total. The Labute approximate surface area is 170 Å². The van der Waals surface area contributed by atoms with Crippen molar-refractivity contribution < 1.29 is 17.9 Å². The van der Waals surface area contributed by atoms with Crippen LogP contribution in [0.3, 0.4) is 0 Å². The number of carbonyl (C=O) groups excluding carboxylic acids is 1. The summed E-state index contributed by atoms with van der Waals surface area (Å²) < 4.78 is 32.5. The van der Waals surface area contributed by atoms with Crippen LogP contribution in [0.2, 0.25) is 0 Å². The van der Waals surface area contributed by atoms with E-state index in [-0.39, 0.29) is 11.4 Å². The lowest BCUT2D eigenvalue weighted by Crippen LogP contribution is -2.38. The van der Waals surface area contributed by atoms with Crippen molar-refractivity contribution in [3.8, 4) is 5.75 Å². The highest BCUT2D eigenvalue weighted by molar-refractivity contribution is 7.92. The molecule has 0 saturated heterocycles. The molecule has 8 heteroatoms. The zero-order chi connectivity index (χ0) is 20.9. The molecule has 0 aliphatic rings. The number of methoxy groups -OCH3 is 1. The highest BCUT2D eigenvalue weighted by atomic mass is 32.2. The van der Waals surface area contributed by atoms with Gasteiger partial charge in [0.05, 0.1) is 12.8 Å². The topological polar surface area (TPSA) is 88.6 Å². The third-order valence-corrected chi connectivity index (χ3v) is 5.96. The van der Waals surface area contributed by atoms with Gasteiger partial charge in [0.15, 0.2) is 0 Å². The largest absolute Gasteiger partial charge is 0.497 e. The summed E-state index contributed by atoms with van der Waals surface area (Å²) in [7, 11) is -2.42. The zero-order valence-corrected chi connectivity index (χ0v) is 16.9. The van der Waals surface area contributed by atoms with E-state index in [1.165, 1.54) is 24.5 Å². The van der Waals surface area contributed by atoms with Crippen LogP contribution < -0.4 is 14.4 Å². The van der Waals surface area contributed by atoms with Gasteiger partial charge in [0.2, 0.25) is 5.91 Å². The molecule has 0 atom stereocenters. The second-order valence-corrected chi connectivity index (χ2v) is 8.17. The molecule has 1 heterocycles. The summed E-state index contributed by atoms with van der Waals surface area (Å²) in [4.78, 5) is 16.5. The summed E-state index contributed by atoms with van der Waals surface area (Å²) in [6.45, 7) is 1.52. The molecule has 3 aromatic rings. The van der Waals surface area contributed by atoms with E-state index in [0.29, 0.717) is 17.1 Å². The molecular formula is C21H21N3O4S. The smallest absolute Gasteiger partial charge is 0.266 e. The number of benzene rings is 2. The fraction of sp³-hybridized carbons (Fsp3) is 0.143. The minimum Gasteiger partial charge on any atom is -0.497 e. The first-order valence-corrected chi connectivity index (χ1v) is 10.3. The van der Waals surface area contributed by atoms with Crippen LogP contribution in [0, 0.1) is 6.92 Å². The molecule has 0 aliphatic carbocycles. The minimum absolute atomic E-state index is 0.0119. The summed E-state index contributed by atoms with van der Waals surface area (Å²) >= 11 is 0. The van der Waals surface area contributed by atoms with Crippen molar-refractivity contribution in [2.45, 2.75) is 11.8 Å². The number of sulfonamides is 1. The zero-order valence-electron chi connectivity index (χ0n) is 16.1. The van der Waals surface area contributed by atoms with Crippen LogP contribution in [0.1, 0.15) is 5.56 Å². The third-order valence-electron chi connectivity index (χ3n) is 4.21. The standard InChI is InChI=1S/C21H21N3O4S/c1-16-5-9-18(10-6-16)24(29(26,27)20-4-3-13-22-14-20)15-21(25)23-17-7-11-19(28-2)12-8-17/h3-14H,15H2,1-2H3,(H,23,25). The highest BCUT2D eigenvalue weighted by Crippen LogP contribution is 2.24. The Balaban J connectivity index is 1.88. The molecule has 2 aromatic carbocycles. The summed E-state index contributed by atoms with van der Waals surface area (Å²) in [5.74, 6) is 0.187. The van der Waals surface area contributed by atoms with E-state index < -0.39 is 15.9 Å². The van der Waals surface area contributed by atoms with Crippen molar-refractivity contribution in [1.82, 2.24) is 4.98 Å². The van der Waals surface area contributed by atoms with Crippen LogP contribution in [-0.4, -0.2) is 33.0 Å². The van der Waals surface area contributed by atoms with Crippen LogP contribution in [0.25, 0.3) is 0 Å². The van der Waals surface area contributed by atoms with Crippen LogP contribution in [0.15, 0.2) is 78.0 Å². The molecule has 0 radical (unpaired) electrons. The second kappa shape index (κ2) is 8.74. The Morgan fingerprint density at radius 3 is 2.34 bits per heavy atom. The van der Waals surface area contributed by atoms with Crippen molar-refractivity contribution in [3.05, 3.63) is 78.6 Å². The Kier molecular flexibility index (Phi) is 6.13. The normalized spacial score (nSPS) is 11.0. The van der Waals surface area contributed by atoms with Crippen molar-refractivity contribution in [1.29, 1.82) is 0 Å². The van der Waals surface area contributed by atoms with Crippen molar-refractivity contribution in [2.24, 2.45) is 0 Å². The van der Waals surface area contributed by atoms with Gasteiger partial charge in [-0.25, -0.2) is 8.42 Å². The molecule has 3 rings (SSSR count). The lowest BCUT2D eigenvalue weighted by atomic mass is 10.2. The molecule has 1 amide bonds. The van der Waals surface area contributed by atoms with Gasteiger partial charge in [-0.2, -0.15) is 0 Å². The summed E-state index contributed by atoms with van der Waals surface area (Å²) in [5.41, 5.74) is 1.91. The molecule has 0 aliphatic heterocycles. The predicted octanol–water partition coefficient (Wildman–Crippen LogP) is 3.23. The Hall–Kier alpha value is -3.39. The number of hydrogen-bond donors (Lipinski definition) is 1. The van der Waals surface area contributed by atoms with Crippen molar-refractivity contribution >= 4 is 27.3 Å². The van der Waals surface area contributed by atoms with E-state index in [0.717, 1.165) is 9.87 Å². The number of ether oxygens (including phenoxy) is 1. The third kappa shape index (κ3) is 4.91. The molecule has 0 saturated carbocycles. The number of pyridine rings is 1. The van der Waals surface area contributed by atoms with Crippen LogP contribution in [-0.2, 0) is 14.8 Å². The quantitative estimate of drug-likeness (QED) is 0.645. The number of aromatic nitrogens is 1. The monoisotopic (exact) mass is 411 g/mol. The first-order valence-electron chi connectivity index (χ1n) is 8.83. The Morgan fingerprint density at radius 1 is 1.07 bits per heavy atom. The van der Waals surface area contributed by atoms with E-state index in [9.17, 15) is 13.2 Å². The lowest BCUT2D eigenvalue weighted by molar-refractivity contribution is -0.114. The first kappa shape index (κ1) is 20.3. The van der Waals surface area contributed by atoms with Crippen molar-refractivity contribution in [3.63, 3.8) is 0 Å². The maximum absolute atomic E-state index is 13.2. The number of anilines is 2. The van der Waals surface area contributed by atoms with E-state index >= 15 is 0 Å². The number of amides is 1. The van der Waals surface area contributed by atoms with Gasteiger partial charge in [-0.1, -0.05) is 17.7 Å². The molecule has 150 valence electrons. The molecular weight excluding hydrogens is 390 g/mol. The maximum atomic E-state index is 13.2. The summed E-state index contributed by atoms with van der Waals surface area (Å²) in [6, 6.07) is 16.7. The average molecular weight is 411 g/mol. The number of rotatable bonds is 7. The average Bonchev–Trinajstić information content (AvgIpc) is 2.74. The van der Waals surface area contributed by atoms with Gasteiger partial charge in [-0.15, -0.1) is 0 Å². The summed E-state index contributed by atoms with van der Waals surface area (Å²) in [5, 5.41) is 2.71. The predicted molar refractivity (Wildman–Crippen MR) is 112 cm³/mol. The fourth-order valence-electron chi connectivity index (χ4n) is 2.66. The Bertz CT molecular complexity index is 1070. The maximum Gasteiger partial charge on any atom is 0.266 e. The van der Waals surface area contributed by atoms with Crippen LogP contribution in [0.4, 0.5) is 11.4 Å². The number of nitrogens with zero attached hydrogens (tertiary/aromatic N) is 2. The van der Waals surface area contributed by atoms with Crippen LogP contribution in [0.5, 0.6) is 5.75 Å². The number of aryl methyl sites for hydroxylation is 1. The van der Waals surface area contributed by atoms with Gasteiger partial charge in [-0.3, -0.25) is 14.1 Å². The van der Waals surface area contributed by atoms with E-state index in [1.54, 1.807) is 55.6 Å². The van der Waals surface area contributed by atoms with E-state index in [2.05, 4.69) is 10.3 Å². The summed E-state index contributed by atoms with van der Waals surface area (Å²) in [6.07, 6.45) is 2.75. The molecule has 1 aromatic heterocycles. The number of carbonyl (C=O) groups is 1. The van der Waals surface area contributed by atoms with Gasteiger partial charge in [0.1, 0.15) is 17.2 Å². The second-order valence-electron chi connectivity index (χ2n) is 6.31. The molecule has 0 unspecified atom stereocenters. The van der Waals surface area contributed by atoms with Gasteiger partial charge in [0.25, 0.3) is 10.0 Å². The first-order chi connectivity index (χ1) is 13.9. The van der Waals surface area contributed by atoms with Gasteiger partial charge >= 0.3 is 0 Å². The van der Waals surface area contributed by atoms with Gasteiger partial charge in [0, 0.05) is 18.1 Å². The number of nitrogens with one attached hydrogen (secondary N) is 1. The van der Waals surface area contributed by atoms with E-state index in [1.807, 2.05) is 6.92 Å². The molecule has 7 nitrogen and oxygen atoms in total. The van der Waals surface area contributed by atoms with Crippen LogP contribution >= 0.6 is 0 Å².